The Morgan fingerprint density at radius 2 is 1.38 bits per heavy atom. The Balaban J connectivity index is 1.47. The molecule has 1 atom stereocenters. The normalized spacial score (nSPS) is 20.7. The lowest BCUT2D eigenvalue weighted by Crippen LogP contribution is -2.45. The molecule has 4 rings (SSSR count). The number of nitrogens with zero attached hydrogens (tertiary/aromatic N) is 1. The van der Waals surface area contributed by atoms with Crippen molar-refractivity contribution >= 4 is 11.7 Å². The molecule has 9 nitrogen and oxygen atoms in total. The van der Waals surface area contributed by atoms with Gasteiger partial charge in [-0.2, -0.15) is 5.10 Å². The zero-order chi connectivity index (χ0) is 22.0. The summed E-state index contributed by atoms with van der Waals surface area (Å²) in [6.07, 6.45) is 0. The molecular weight excluding hydrogens is 414 g/mol. The smallest absolute Gasteiger partial charge is 0.254 e. The van der Waals surface area contributed by atoms with Gasteiger partial charge in [0.2, 0.25) is 0 Å². The first kappa shape index (κ1) is 22.1. The predicted molar refractivity (Wildman–Crippen MR) is 117 cm³/mol. The SMILES string of the molecule is O=C1NC(c2ccccc2)=NNC1c1ccc2c(c1)OCCOCCOCCOCCO2. The van der Waals surface area contributed by atoms with Crippen molar-refractivity contribution in [1.82, 2.24) is 10.7 Å². The number of benzene rings is 2. The fourth-order valence-electron chi connectivity index (χ4n) is 3.26. The van der Waals surface area contributed by atoms with Crippen LogP contribution in [0.3, 0.4) is 0 Å². The average molecular weight is 441 g/mol. The number of ether oxygens (including phenoxy) is 5. The first-order valence-corrected chi connectivity index (χ1v) is 10.6. The standard InChI is InChI=1S/C23H27N3O6/c27-23-21(25-26-22(24-23)17-4-2-1-3-5-17)18-6-7-19-20(16-18)32-15-13-30-11-9-28-8-10-29-12-14-31-19/h1-7,16,21,25H,8-15H2,(H,24,26,27). The van der Waals surface area contributed by atoms with Gasteiger partial charge >= 0.3 is 0 Å². The molecule has 0 bridgehead atoms. The third-order valence-electron chi connectivity index (χ3n) is 4.87. The Morgan fingerprint density at radius 1 is 0.750 bits per heavy atom. The van der Waals surface area contributed by atoms with Gasteiger partial charge in [-0.05, 0) is 17.7 Å². The van der Waals surface area contributed by atoms with Crippen molar-refractivity contribution in [2.75, 3.05) is 52.9 Å². The quantitative estimate of drug-likeness (QED) is 0.731. The fraction of sp³-hybridized carbons (Fsp3) is 0.391. The number of hydrogen-bond acceptors (Lipinski definition) is 8. The number of carbonyl (C=O) groups is 1. The minimum Gasteiger partial charge on any atom is -0.487 e. The maximum Gasteiger partial charge on any atom is 0.254 e. The fourth-order valence-corrected chi connectivity index (χ4v) is 3.26. The highest BCUT2D eigenvalue weighted by atomic mass is 16.6. The molecule has 2 aromatic rings. The Kier molecular flexibility index (Phi) is 7.91. The molecule has 0 fully saturated rings. The van der Waals surface area contributed by atoms with Gasteiger partial charge in [0.25, 0.3) is 5.91 Å². The van der Waals surface area contributed by atoms with Crippen LogP contribution < -0.4 is 20.2 Å². The number of rotatable bonds is 2. The highest BCUT2D eigenvalue weighted by molar-refractivity contribution is 6.10. The van der Waals surface area contributed by atoms with Gasteiger partial charge in [0.1, 0.15) is 19.3 Å². The van der Waals surface area contributed by atoms with E-state index in [-0.39, 0.29) is 5.91 Å². The zero-order valence-corrected chi connectivity index (χ0v) is 17.7. The summed E-state index contributed by atoms with van der Waals surface area (Å²) in [5, 5.41) is 7.21. The molecule has 2 heterocycles. The van der Waals surface area contributed by atoms with Crippen LogP contribution in [0.2, 0.25) is 0 Å². The van der Waals surface area contributed by atoms with Crippen LogP contribution in [-0.2, 0) is 19.0 Å². The molecule has 1 amide bonds. The topological polar surface area (TPSA) is 99.6 Å². The van der Waals surface area contributed by atoms with Gasteiger partial charge in [0.15, 0.2) is 17.3 Å². The van der Waals surface area contributed by atoms with Gasteiger partial charge < -0.3 is 29.0 Å². The minimum absolute atomic E-state index is 0.200. The lowest BCUT2D eigenvalue weighted by molar-refractivity contribution is -0.122. The molecule has 170 valence electrons. The van der Waals surface area contributed by atoms with E-state index in [1.54, 1.807) is 12.1 Å². The van der Waals surface area contributed by atoms with E-state index in [4.69, 9.17) is 23.7 Å². The summed E-state index contributed by atoms with van der Waals surface area (Å²) in [4.78, 5) is 12.8. The largest absolute Gasteiger partial charge is 0.487 e. The van der Waals surface area contributed by atoms with E-state index in [0.717, 1.165) is 5.56 Å². The molecular formula is C23H27N3O6. The van der Waals surface area contributed by atoms with Crippen molar-refractivity contribution in [2.24, 2.45) is 5.10 Å². The van der Waals surface area contributed by atoms with E-state index in [1.807, 2.05) is 36.4 Å². The van der Waals surface area contributed by atoms with E-state index in [2.05, 4.69) is 15.8 Å². The van der Waals surface area contributed by atoms with Crippen LogP contribution in [0, 0.1) is 0 Å². The summed E-state index contributed by atoms with van der Waals surface area (Å²) in [6.45, 7) is 3.58. The lowest BCUT2D eigenvalue weighted by atomic mass is 10.0. The Hall–Kier alpha value is -3.14. The molecule has 2 aliphatic rings. The average Bonchev–Trinajstić information content (AvgIpc) is 2.83. The molecule has 32 heavy (non-hydrogen) atoms. The zero-order valence-electron chi connectivity index (χ0n) is 17.7. The number of hydrazone groups is 1. The summed E-state index contributed by atoms with van der Waals surface area (Å²) in [5.74, 6) is 1.40. The summed E-state index contributed by atoms with van der Waals surface area (Å²) in [5.41, 5.74) is 4.49. The highest BCUT2D eigenvalue weighted by Crippen LogP contribution is 2.31. The first-order chi connectivity index (χ1) is 15.8. The van der Waals surface area contributed by atoms with Crippen LogP contribution in [-0.4, -0.2) is 64.6 Å². The maximum atomic E-state index is 12.8. The van der Waals surface area contributed by atoms with Crippen LogP contribution in [0.4, 0.5) is 0 Å². The molecule has 2 aliphatic heterocycles. The third-order valence-corrected chi connectivity index (χ3v) is 4.87. The maximum absolute atomic E-state index is 12.8. The van der Waals surface area contributed by atoms with E-state index in [0.29, 0.717) is 75.8 Å². The molecule has 0 aliphatic carbocycles. The third kappa shape index (κ3) is 5.97. The van der Waals surface area contributed by atoms with E-state index < -0.39 is 6.04 Å². The molecule has 0 saturated heterocycles. The van der Waals surface area contributed by atoms with Crippen LogP contribution >= 0.6 is 0 Å². The van der Waals surface area contributed by atoms with Crippen LogP contribution in [0.5, 0.6) is 11.5 Å². The Bertz CT molecular complexity index is 921. The van der Waals surface area contributed by atoms with Gasteiger partial charge in [-0.25, -0.2) is 0 Å². The van der Waals surface area contributed by atoms with Crippen molar-refractivity contribution < 1.29 is 28.5 Å². The molecule has 1 unspecified atom stereocenters. The summed E-state index contributed by atoms with van der Waals surface area (Å²) >= 11 is 0. The van der Waals surface area contributed by atoms with E-state index >= 15 is 0 Å². The monoisotopic (exact) mass is 441 g/mol. The number of nitrogens with one attached hydrogen (secondary N) is 2. The van der Waals surface area contributed by atoms with Crippen LogP contribution in [0.15, 0.2) is 53.6 Å². The van der Waals surface area contributed by atoms with Gasteiger partial charge in [0, 0.05) is 5.56 Å². The van der Waals surface area contributed by atoms with Gasteiger partial charge in [-0.15, -0.1) is 0 Å². The van der Waals surface area contributed by atoms with Gasteiger partial charge in [-0.1, -0.05) is 36.4 Å². The van der Waals surface area contributed by atoms with E-state index in [1.165, 1.54) is 0 Å². The van der Waals surface area contributed by atoms with E-state index in [9.17, 15) is 4.79 Å². The number of carbonyl (C=O) groups excluding carboxylic acids is 1. The molecule has 9 heteroatoms. The predicted octanol–water partition coefficient (Wildman–Crippen LogP) is 1.63. The van der Waals surface area contributed by atoms with Crippen LogP contribution in [0.25, 0.3) is 0 Å². The minimum atomic E-state index is -0.648. The molecule has 0 spiro atoms. The second-order valence-electron chi connectivity index (χ2n) is 7.12. The molecule has 0 radical (unpaired) electrons. The first-order valence-electron chi connectivity index (χ1n) is 10.6. The number of hydrogen-bond donors (Lipinski definition) is 2. The van der Waals surface area contributed by atoms with Crippen LogP contribution in [0.1, 0.15) is 17.2 Å². The molecule has 2 N–H and O–H groups in total. The molecule has 0 aromatic heterocycles. The highest BCUT2D eigenvalue weighted by Gasteiger charge is 2.27. The number of amides is 1. The number of fused-ring (bicyclic) bond motifs is 1. The summed E-state index contributed by atoms with van der Waals surface area (Å²) < 4.78 is 28.1. The molecule has 0 saturated carbocycles. The van der Waals surface area contributed by atoms with Crippen molar-refractivity contribution in [3.05, 3.63) is 59.7 Å². The summed E-state index contributed by atoms with van der Waals surface area (Å²) in [7, 11) is 0. The van der Waals surface area contributed by atoms with Crippen molar-refractivity contribution in [3.63, 3.8) is 0 Å². The Morgan fingerprint density at radius 3 is 2.03 bits per heavy atom. The number of amidine groups is 1. The van der Waals surface area contributed by atoms with Gasteiger partial charge in [-0.3, -0.25) is 10.2 Å². The molecule has 2 aromatic carbocycles. The lowest BCUT2D eigenvalue weighted by Gasteiger charge is -2.24. The second-order valence-corrected chi connectivity index (χ2v) is 7.12. The van der Waals surface area contributed by atoms with Crippen molar-refractivity contribution in [1.29, 1.82) is 0 Å². The van der Waals surface area contributed by atoms with Crippen molar-refractivity contribution in [2.45, 2.75) is 6.04 Å². The van der Waals surface area contributed by atoms with Gasteiger partial charge in [0.05, 0.1) is 39.6 Å². The Labute approximate surface area is 186 Å². The summed E-state index contributed by atoms with van der Waals surface area (Å²) in [6, 6.07) is 14.2. The second kappa shape index (κ2) is 11.5. The van der Waals surface area contributed by atoms with Crippen molar-refractivity contribution in [3.8, 4) is 11.5 Å².